The molecule has 1 aliphatic carbocycles. The predicted octanol–water partition coefficient (Wildman–Crippen LogP) is 4.33. The second kappa shape index (κ2) is 4.78. The van der Waals surface area contributed by atoms with Gasteiger partial charge in [0.05, 0.1) is 16.1 Å². The molecular formula is C14H16ClNOS. The zero-order valence-corrected chi connectivity index (χ0v) is 11.7. The van der Waals surface area contributed by atoms with Gasteiger partial charge in [0, 0.05) is 10.6 Å². The molecule has 0 unspecified atom stereocenters. The summed E-state index contributed by atoms with van der Waals surface area (Å²) >= 11 is 7.95. The number of rotatable bonds is 0. The molecule has 2 nitrogen and oxygen atoms in total. The van der Waals surface area contributed by atoms with E-state index in [0.29, 0.717) is 0 Å². The zero-order chi connectivity index (χ0) is 12.6. The number of halogens is 1. The van der Waals surface area contributed by atoms with Gasteiger partial charge >= 0.3 is 0 Å². The predicted molar refractivity (Wildman–Crippen MR) is 76.3 cm³/mol. The fourth-order valence-corrected chi connectivity index (χ4v) is 4.54. The van der Waals surface area contributed by atoms with Crippen LogP contribution in [0, 0.1) is 5.41 Å². The van der Waals surface area contributed by atoms with Crippen molar-refractivity contribution >= 4 is 35.0 Å². The van der Waals surface area contributed by atoms with Gasteiger partial charge in [0.1, 0.15) is 0 Å². The molecule has 4 heteroatoms. The minimum Gasteiger partial charge on any atom is -0.325 e. The lowest BCUT2D eigenvalue weighted by atomic mass is 9.75. The number of fused-ring (bicyclic) bond motifs is 1. The average molecular weight is 282 g/mol. The van der Waals surface area contributed by atoms with Crippen molar-refractivity contribution in [1.29, 1.82) is 0 Å². The monoisotopic (exact) mass is 281 g/mol. The van der Waals surface area contributed by atoms with E-state index >= 15 is 0 Å². The van der Waals surface area contributed by atoms with Crippen molar-refractivity contribution in [2.45, 2.75) is 37.0 Å². The number of carbonyl (C=O) groups excluding carboxylic acids is 1. The van der Waals surface area contributed by atoms with Crippen molar-refractivity contribution < 1.29 is 4.79 Å². The molecule has 0 aromatic heterocycles. The van der Waals surface area contributed by atoms with Crippen LogP contribution < -0.4 is 5.32 Å². The van der Waals surface area contributed by atoms with Crippen LogP contribution in [0.3, 0.4) is 0 Å². The van der Waals surface area contributed by atoms with Gasteiger partial charge in [-0.1, -0.05) is 36.9 Å². The summed E-state index contributed by atoms with van der Waals surface area (Å²) in [5.41, 5.74) is 0.700. The minimum absolute atomic E-state index is 0.175. The molecule has 1 aliphatic heterocycles. The Labute approximate surface area is 116 Å². The number of nitrogens with one attached hydrogen (secondary N) is 1. The van der Waals surface area contributed by atoms with Gasteiger partial charge in [-0.05, 0) is 25.0 Å². The standard InChI is InChI=1S/C14H16ClNOS/c15-10-5-4-6-11-12(10)18-9-14(13(17)16-11)7-2-1-3-8-14/h4-6H,1-3,7-9H2,(H,16,17). The third-order valence-corrected chi connectivity index (χ3v) is 5.85. The van der Waals surface area contributed by atoms with E-state index in [4.69, 9.17) is 11.6 Å². The molecule has 1 spiro atoms. The van der Waals surface area contributed by atoms with Crippen LogP contribution in [-0.4, -0.2) is 11.7 Å². The van der Waals surface area contributed by atoms with Gasteiger partial charge in [-0.3, -0.25) is 4.79 Å². The summed E-state index contributed by atoms with van der Waals surface area (Å²) in [5, 5.41) is 3.82. The van der Waals surface area contributed by atoms with Crippen molar-refractivity contribution in [3.05, 3.63) is 23.2 Å². The van der Waals surface area contributed by atoms with Gasteiger partial charge < -0.3 is 5.32 Å². The summed E-state index contributed by atoms with van der Waals surface area (Å²) < 4.78 is 0. The largest absolute Gasteiger partial charge is 0.325 e. The quantitative estimate of drug-likeness (QED) is 0.767. The Hall–Kier alpha value is -0.670. The van der Waals surface area contributed by atoms with Crippen LogP contribution in [0.4, 0.5) is 5.69 Å². The van der Waals surface area contributed by atoms with E-state index in [1.807, 2.05) is 18.2 Å². The third-order valence-electron chi connectivity index (χ3n) is 4.00. The molecule has 18 heavy (non-hydrogen) atoms. The second-order valence-corrected chi connectivity index (χ2v) is 6.59. The average Bonchev–Trinajstić information content (AvgIpc) is 2.51. The van der Waals surface area contributed by atoms with E-state index in [0.717, 1.165) is 47.0 Å². The van der Waals surface area contributed by atoms with Crippen LogP contribution in [0.2, 0.25) is 5.02 Å². The van der Waals surface area contributed by atoms with Crippen molar-refractivity contribution in [2.24, 2.45) is 5.41 Å². The molecule has 0 atom stereocenters. The highest BCUT2D eigenvalue weighted by Crippen LogP contribution is 2.47. The molecule has 0 radical (unpaired) electrons. The van der Waals surface area contributed by atoms with E-state index in [2.05, 4.69) is 5.32 Å². The van der Waals surface area contributed by atoms with Crippen LogP contribution in [0.5, 0.6) is 0 Å². The maximum absolute atomic E-state index is 12.5. The first-order chi connectivity index (χ1) is 8.71. The van der Waals surface area contributed by atoms with Crippen molar-refractivity contribution in [3.8, 4) is 0 Å². The van der Waals surface area contributed by atoms with Gasteiger partial charge in [0.2, 0.25) is 5.91 Å². The van der Waals surface area contributed by atoms with Crippen molar-refractivity contribution in [2.75, 3.05) is 11.1 Å². The highest BCUT2D eigenvalue weighted by molar-refractivity contribution is 7.99. The third kappa shape index (κ3) is 2.04. The van der Waals surface area contributed by atoms with Crippen LogP contribution >= 0.6 is 23.4 Å². The normalized spacial score (nSPS) is 22.2. The van der Waals surface area contributed by atoms with E-state index in [-0.39, 0.29) is 11.3 Å². The fraction of sp³-hybridized carbons (Fsp3) is 0.500. The number of benzene rings is 1. The van der Waals surface area contributed by atoms with Crippen LogP contribution in [0.15, 0.2) is 23.1 Å². The van der Waals surface area contributed by atoms with Crippen molar-refractivity contribution in [3.63, 3.8) is 0 Å². The number of carbonyl (C=O) groups is 1. The van der Waals surface area contributed by atoms with E-state index in [9.17, 15) is 4.79 Å². The summed E-state index contributed by atoms with van der Waals surface area (Å²) in [6.07, 6.45) is 5.61. The molecular weight excluding hydrogens is 266 g/mol. The lowest BCUT2D eigenvalue weighted by Gasteiger charge is -2.33. The Morgan fingerprint density at radius 2 is 2.00 bits per heavy atom. The molecule has 0 saturated heterocycles. The Morgan fingerprint density at radius 1 is 1.22 bits per heavy atom. The second-order valence-electron chi connectivity index (χ2n) is 5.20. The molecule has 1 heterocycles. The summed E-state index contributed by atoms with van der Waals surface area (Å²) in [6.45, 7) is 0. The molecule has 1 amide bonds. The molecule has 3 rings (SSSR count). The summed E-state index contributed by atoms with van der Waals surface area (Å²) in [4.78, 5) is 13.5. The molecule has 1 N–H and O–H groups in total. The highest BCUT2D eigenvalue weighted by atomic mass is 35.5. The Kier molecular flexibility index (Phi) is 3.29. The Balaban J connectivity index is 1.95. The Bertz CT molecular complexity index is 483. The van der Waals surface area contributed by atoms with E-state index in [1.54, 1.807) is 11.8 Å². The smallest absolute Gasteiger partial charge is 0.231 e. The van der Waals surface area contributed by atoms with Crippen LogP contribution in [0.1, 0.15) is 32.1 Å². The van der Waals surface area contributed by atoms with Gasteiger partial charge in [0.15, 0.2) is 0 Å². The fourth-order valence-electron chi connectivity index (χ4n) is 2.88. The molecule has 96 valence electrons. The maximum Gasteiger partial charge on any atom is 0.231 e. The number of anilines is 1. The topological polar surface area (TPSA) is 29.1 Å². The Morgan fingerprint density at radius 3 is 2.78 bits per heavy atom. The number of thioether (sulfide) groups is 1. The molecule has 1 saturated carbocycles. The van der Waals surface area contributed by atoms with Gasteiger partial charge in [-0.25, -0.2) is 0 Å². The lowest BCUT2D eigenvalue weighted by molar-refractivity contribution is -0.126. The van der Waals surface area contributed by atoms with E-state index < -0.39 is 0 Å². The maximum atomic E-state index is 12.5. The number of hydrogen-bond acceptors (Lipinski definition) is 2. The first-order valence-electron chi connectivity index (χ1n) is 6.44. The zero-order valence-electron chi connectivity index (χ0n) is 10.2. The summed E-state index contributed by atoms with van der Waals surface area (Å²) in [6, 6.07) is 5.72. The molecule has 1 fully saturated rings. The lowest BCUT2D eigenvalue weighted by Crippen LogP contribution is -2.39. The highest BCUT2D eigenvalue weighted by Gasteiger charge is 2.41. The van der Waals surface area contributed by atoms with Gasteiger partial charge in [-0.2, -0.15) is 0 Å². The molecule has 2 aliphatic rings. The van der Waals surface area contributed by atoms with E-state index in [1.165, 1.54) is 6.42 Å². The van der Waals surface area contributed by atoms with Crippen LogP contribution in [0.25, 0.3) is 0 Å². The minimum atomic E-state index is -0.175. The molecule has 0 bridgehead atoms. The van der Waals surface area contributed by atoms with Gasteiger partial charge in [0.25, 0.3) is 0 Å². The van der Waals surface area contributed by atoms with Crippen LogP contribution in [-0.2, 0) is 4.79 Å². The summed E-state index contributed by atoms with van der Waals surface area (Å²) in [5.74, 6) is 1.05. The number of hydrogen-bond donors (Lipinski definition) is 1. The molecule has 1 aromatic carbocycles. The van der Waals surface area contributed by atoms with Crippen molar-refractivity contribution in [1.82, 2.24) is 0 Å². The summed E-state index contributed by atoms with van der Waals surface area (Å²) in [7, 11) is 0. The molecule has 1 aromatic rings. The SMILES string of the molecule is O=C1Nc2cccc(Cl)c2SCC12CCCCC2. The first-order valence-corrected chi connectivity index (χ1v) is 7.80. The first kappa shape index (κ1) is 12.4. The van der Waals surface area contributed by atoms with Gasteiger partial charge in [-0.15, -0.1) is 11.8 Å². The number of amides is 1.